The molecule has 0 radical (unpaired) electrons. The number of carbonyl (C=O) groups is 3. The monoisotopic (exact) mass is 525 g/mol. The van der Waals surface area contributed by atoms with E-state index in [0.717, 1.165) is 10.0 Å². The molecule has 0 spiro atoms. The van der Waals surface area contributed by atoms with Crippen molar-refractivity contribution in [1.82, 2.24) is 0 Å². The van der Waals surface area contributed by atoms with E-state index in [9.17, 15) is 19.5 Å². The summed E-state index contributed by atoms with van der Waals surface area (Å²) in [6.07, 6.45) is 3.25. The molecule has 0 bridgehead atoms. The number of allylic oxidation sites excluding steroid dienone is 1. The fraction of sp³-hybridized carbons (Fsp3) is 0. The second-order valence-electron chi connectivity index (χ2n) is 7.68. The lowest BCUT2D eigenvalue weighted by Gasteiger charge is -2.12. The highest BCUT2D eigenvalue weighted by atomic mass is 79.9. The first-order valence-electron chi connectivity index (χ1n) is 10.7. The highest BCUT2D eigenvalue weighted by Gasteiger charge is 2.17. The molecule has 1 amide bonds. The Morgan fingerprint density at radius 3 is 1.91 bits per heavy atom. The molecule has 0 atom stereocenters. The number of halogens is 1. The molecule has 0 aromatic heterocycles. The van der Waals surface area contributed by atoms with Crippen LogP contribution >= 0.6 is 15.9 Å². The number of benzene rings is 4. The number of rotatable bonds is 7. The molecule has 0 unspecified atom stereocenters. The van der Waals surface area contributed by atoms with Crippen molar-refractivity contribution in [2.75, 3.05) is 5.32 Å². The number of carboxylic acids is 1. The number of amides is 1. The van der Waals surface area contributed by atoms with Crippen molar-refractivity contribution in [1.29, 1.82) is 0 Å². The molecule has 2 N–H and O–H groups in total. The minimum Gasteiger partial charge on any atom is -0.478 e. The van der Waals surface area contributed by atoms with Gasteiger partial charge in [0.2, 0.25) is 0 Å². The normalized spacial score (nSPS) is 10.8. The number of anilines is 1. The fourth-order valence-corrected chi connectivity index (χ4v) is 3.84. The van der Waals surface area contributed by atoms with Gasteiger partial charge in [0.25, 0.3) is 5.91 Å². The lowest BCUT2D eigenvalue weighted by Crippen LogP contribution is -2.14. The van der Waals surface area contributed by atoms with Gasteiger partial charge in [0, 0.05) is 21.3 Å². The van der Waals surface area contributed by atoms with Crippen LogP contribution in [0.25, 0.3) is 17.2 Å². The first kappa shape index (κ1) is 23.9. The van der Waals surface area contributed by atoms with Crippen LogP contribution in [-0.4, -0.2) is 22.8 Å². The van der Waals surface area contributed by atoms with Crippen molar-refractivity contribution < 1.29 is 19.5 Å². The van der Waals surface area contributed by atoms with Gasteiger partial charge in [-0.25, -0.2) is 4.79 Å². The Morgan fingerprint density at radius 1 is 0.714 bits per heavy atom. The van der Waals surface area contributed by atoms with Gasteiger partial charge < -0.3 is 10.4 Å². The number of carboxylic acid groups (broad SMARTS) is 1. The molecule has 0 aliphatic rings. The second kappa shape index (κ2) is 10.8. The Hall–Kier alpha value is -4.29. The molecular formula is C29H20BrNO4. The van der Waals surface area contributed by atoms with Gasteiger partial charge in [-0.2, -0.15) is 0 Å². The van der Waals surface area contributed by atoms with E-state index in [2.05, 4.69) is 21.2 Å². The highest BCUT2D eigenvalue weighted by molar-refractivity contribution is 9.10. The molecule has 4 aromatic carbocycles. The molecule has 35 heavy (non-hydrogen) atoms. The van der Waals surface area contributed by atoms with Gasteiger partial charge in [-0.1, -0.05) is 70.5 Å². The molecule has 6 heteroatoms. The third kappa shape index (κ3) is 5.80. The predicted molar refractivity (Wildman–Crippen MR) is 141 cm³/mol. The van der Waals surface area contributed by atoms with Crippen LogP contribution in [0.15, 0.2) is 108 Å². The standard InChI is InChI=1S/C29H20BrNO4/c30-21-14-9-19(10-15-21)11-18-27(32)20-12-16-22(17-13-20)31-28(33)25-7-3-1-5-23(25)24-6-2-4-8-26(24)29(34)35/h1-18H,(H,31,33)(H,34,35)/b18-11+. The quantitative estimate of drug-likeness (QED) is 0.201. The number of hydrogen-bond acceptors (Lipinski definition) is 3. The zero-order chi connectivity index (χ0) is 24.8. The first-order chi connectivity index (χ1) is 16.9. The second-order valence-corrected chi connectivity index (χ2v) is 8.59. The summed E-state index contributed by atoms with van der Waals surface area (Å²) in [5, 5.41) is 12.4. The average Bonchev–Trinajstić information content (AvgIpc) is 2.88. The average molecular weight is 526 g/mol. The van der Waals surface area contributed by atoms with Crippen LogP contribution < -0.4 is 5.32 Å². The van der Waals surface area contributed by atoms with Crippen molar-refractivity contribution in [3.05, 3.63) is 130 Å². The molecule has 4 aromatic rings. The van der Waals surface area contributed by atoms with Gasteiger partial charge in [0.05, 0.1) is 5.56 Å². The first-order valence-corrected chi connectivity index (χ1v) is 11.5. The third-order valence-electron chi connectivity index (χ3n) is 5.34. The Bertz CT molecular complexity index is 1420. The molecule has 0 saturated carbocycles. The summed E-state index contributed by atoms with van der Waals surface area (Å²) in [4.78, 5) is 37.2. The molecule has 0 aliphatic carbocycles. The predicted octanol–water partition coefficient (Wildman–Crippen LogP) is 6.96. The van der Waals surface area contributed by atoms with E-state index in [4.69, 9.17) is 0 Å². The van der Waals surface area contributed by atoms with Crippen LogP contribution in [0.5, 0.6) is 0 Å². The molecule has 0 aliphatic heterocycles. The van der Waals surface area contributed by atoms with Crippen LogP contribution in [0, 0.1) is 0 Å². The van der Waals surface area contributed by atoms with Gasteiger partial charge in [-0.05, 0) is 71.3 Å². The molecule has 5 nitrogen and oxygen atoms in total. The maximum Gasteiger partial charge on any atom is 0.336 e. The smallest absolute Gasteiger partial charge is 0.336 e. The number of ketones is 1. The van der Waals surface area contributed by atoms with E-state index in [0.29, 0.717) is 27.9 Å². The van der Waals surface area contributed by atoms with Crippen LogP contribution in [-0.2, 0) is 0 Å². The zero-order valence-corrected chi connectivity index (χ0v) is 20.0. The maximum absolute atomic E-state index is 13.1. The fourth-order valence-electron chi connectivity index (χ4n) is 3.58. The summed E-state index contributed by atoms with van der Waals surface area (Å²) in [6, 6.07) is 27.6. The molecule has 4 rings (SSSR count). The van der Waals surface area contributed by atoms with Gasteiger partial charge >= 0.3 is 5.97 Å². The van der Waals surface area contributed by atoms with E-state index in [-0.39, 0.29) is 17.3 Å². The van der Waals surface area contributed by atoms with Crippen molar-refractivity contribution in [2.24, 2.45) is 0 Å². The Morgan fingerprint density at radius 2 is 1.29 bits per heavy atom. The van der Waals surface area contributed by atoms with E-state index in [1.807, 2.05) is 24.3 Å². The van der Waals surface area contributed by atoms with Crippen LogP contribution in [0.4, 0.5) is 5.69 Å². The minimum absolute atomic E-state index is 0.117. The molecule has 0 heterocycles. The SMILES string of the molecule is O=C(/C=C/c1ccc(Br)cc1)c1ccc(NC(=O)c2ccccc2-c2ccccc2C(=O)O)cc1. The summed E-state index contributed by atoms with van der Waals surface area (Å²) in [5.74, 6) is -1.60. The maximum atomic E-state index is 13.1. The number of hydrogen-bond donors (Lipinski definition) is 2. The van der Waals surface area contributed by atoms with E-state index < -0.39 is 5.97 Å². The number of nitrogens with one attached hydrogen (secondary N) is 1. The molecule has 0 fully saturated rings. The topological polar surface area (TPSA) is 83.5 Å². The van der Waals surface area contributed by atoms with E-state index in [1.165, 1.54) is 12.1 Å². The largest absolute Gasteiger partial charge is 0.478 e. The Balaban J connectivity index is 1.50. The van der Waals surface area contributed by atoms with Crippen molar-refractivity contribution in [2.45, 2.75) is 0 Å². The summed E-state index contributed by atoms with van der Waals surface area (Å²) < 4.78 is 0.965. The lowest BCUT2D eigenvalue weighted by molar-refractivity contribution is 0.0697. The highest BCUT2D eigenvalue weighted by Crippen LogP contribution is 2.28. The molecule has 172 valence electrons. The summed E-state index contributed by atoms with van der Waals surface area (Å²) in [7, 11) is 0. The Kier molecular flexibility index (Phi) is 7.33. The van der Waals surface area contributed by atoms with Crippen LogP contribution in [0.3, 0.4) is 0 Å². The number of aromatic carboxylic acids is 1. The minimum atomic E-state index is -1.06. The van der Waals surface area contributed by atoms with Crippen LogP contribution in [0.2, 0.25) is 0 Å². The van der Waals surface area contributed by atoms with E-state index >= 15 is 0 Å². The van der Waals surface area contributed by atoms with Crippen LogP contribution in [0.1, 0.15) is 36.6 Å². The summed E-state index contributed by atoms with van der Waals surface area (Å²) in [6.45, 7) is 0. The van der Waals surface area contributed by atoms with E-state index in [1.54, 1.807) is 72.8 Å². The Labute approximate surface area is 210 Å². The summed E-state index contributed by atoms with van der Waals surface area (Å²) >= 11 is 3.38. The lowest BCUT2D eigenvalue weighted by atomic mass is 9.95. The summed E-state index contributed by atoms with van der Waals surface area (Å²) in [5.41, 5.74) is 3.37. The van der Waals surface area contributed by atoms with Gasteiger partial charge in [-0.3, -0.25) is 9.59 Å². The van der Waals surface area contributed by atoms with Gasteiger partial charge in [0.1, 0.15) is 0 Å². The van der Waals surface area contributed by atoms with Crippen molar-refractivity contribution >= 4 is 45.4 Å². The zero-order valence-electron chi connectivity index (χ0n) is 18.4. The van der Waals surface area contributed by atoms with Gasteiger partial charge in [0.15, 0.2) is 5.78 Å². The van der Waals surface area contributed by atoms with Gasteiger partial charge in [-0.15, -0.1) is 0 Å². The number of carbonyl (C=O) groups excluding carboxylic acids is 2. The molecular weight excluding hydrogens is 506 g/mol. The van der Waals surface area contributed by atoms with Crippen molar-refractivity contribution in [3.63, 3.8) is 0 Å². The third-order valence-corrected chi connectivity index (χ3v) is 5.87. The van der Waals surface area contributed by atoms with Crippen molar-refractivity contribution in [3.8, 4) is 11.1 Å². The molecule has 0 saturated heterocycles.